The lowest BCUT2D eigenvalue weighted by Gasteiger charge is -2.29. The summed E-state index contributed by atoms with van der Waals surface area (Å²) >= 11 is 0. The third kappa shape index (κ3) is 4.69. The van der Waals surface area contributed by atoms with Crippen LogP contribution in [0.15, 0.2) is 97.1 Å². The zero-order valence-corrected chi connectivity index (χ0v) is 21.7. The summed E-state index contributed by atoms with van der Waals surface area (Å²) in [5.74, 6) is 2.34. The lowest BCUT2D eigenvalue weighted by Crippen LogP contribution is -2.36. The second-order valence-electron chi connectivity index (χ2n) is 9.39. The van der Waals surface area contributed by atoms with E-state index in [1.807, 2.05) is 24.3 Å². The standard InChI is InChI=1S/C33H30N2O3/c1-36-31-21-27-20-30(34-33(29(27)22-32(31)37-2)35-13-15-38-16-14-35)28-18-25(23-9-5-3-6-10-23)17-26(19-28)24-11-7-4-8-12-24/h3-12,17-22H,13-16H2,1-2H3. The van der Waals surface area contributed by atoms with E-state index in [1.165, 1.54) is 11.1 Å². The van der Waals surface area contributed by atoms with Gasteiger partial charge in [0, 0.05) is 24.0 Å². The van der Waals surface area contributed by atoms with Crippen molar-refractivity contribution in [3.8, 4) is 45.0 Å². The van der Waals surface area contributed by atoms with Crippen molar-refractivity contribution in [1.29, 1.82) is 0 Å². The second-order valence-corrected chi connectivity index (χ2v) is 9.39. The van der Waals surface area contributed by atoms with E-state index in [1.54, 1.807) is 14.2 Å². The lowest BCUT2D eigenvalue weighted by atomic mass is 9.94. The minimum atomic E-state index is 0.683. The van der Waals surface area contributed by atoms with E-state index in [-0.39, 0.29) is 0 Å². The Morgan fingerprint density at radius 1 is 0.632 bits per heavy atom. The molecule has 0 radical (unpaired) electrons. The molecule has 6 rings (SSSR count). The number of nitrogens with zero attached hydrogens (tertiary/aromatic N) is 2. The zero-order valence-electron chi connectivity index (χ0n) is 21.7. The van der Waals surface area contributed by atoms with Crippen molar-refractivity contribution in [2.75, 3.05) is 45.4 Å². The molecule has 0 amide bonds. The van der Waals surface area contributed by atoms with Crippen molar-refractivity contribution < 1.29 is 14.2 Å². The number of benzene rings is 4. The summed E-state index contributed by atoms with van der Waals surface area (Å²) in [6.07, 6.45) is 0. The van der Waals surface area contributed by atoms with Crippen LogP contribution in [0, 0.1) is 0 Å². The Balaban J connectivity index is 1.59. The average molecular weight is 503 g/mol. The Labute approximate surface area is 223 Å². The van der Waals surface area contributed by atoms with Crippen LogP contribution >= 0.6 is 0 Å². The molecule has 1 aromatic heterocycles. The first-order chi connectivity index (χ1) is 18.7. The molecule has 38 heavy (non-hydrogen) atoms. The monoisotopic (exact) mass is 502 g/mol. The van der Waals surface area contributed by atoms with Gasteiger partial charge < -0.3 is 19.1 Å². The number of rotatable bonds is 6. The van der Waals surface area contributed by atoms with Crippen molar-refractivity contribution in [3.63, 3.8) is 0 Å². The SMILES string of the molecule is COc1cc2cc(-c3cc(-c4ccccc4)cc(-c4ccccc4)c3)nc(N3CCOCC3)c2cc1OC. The summed E-state index contributed by atoms with van der Waals surface area (Å²) in [4.78, 5) is 7.58. The van der Waals surface area contributed by atoms with Gasteiger partial charge >= 0.3 is 0 Å². The number of methoxy groups -OCH3 is 2. The Morgan fingerprint density at radius 3 is 1.76 bits per heavy atom. The van der Waals surface area contributed by atoms with Gasteiger partial charge in [-0.2, -0.15) is 0 Å². The fourth-order valence-corrected chi connectivity index (χ4v) is 5.10. The maximum Gasteiger partial charge on any atom is 0.161 e. The number of morpholine rings is 1. The minimum Gasteiger partial charge on any atom is -0.493 e. The molecule has 2 heterocycles. The van der Waals surface area contributed by atoms with Crippen LogP contribution in [0.3, 0.4) is 0 Å². The summed E-state index contributed by atoms with van der Waals surface area (Å²) in [5.41, 5.74) is 6.64. The molecule has 1 saturated heterocycles. The van der Waals surface area contributed by atoms with E-state index < -0.39 is 0 Å². The summed E-state index contributed by atoms with van der Waals surface area (Å²) in [7, 11) is 3.34. The van der Waals surface area contributed by atoms with Gasteiger partial charge in [0.25, 0.3) is 0 Å². The van der Waals surface area contributed by atoms with Crippen LogP contribution in [0.5, 0.6) is 11.5 Å². The molecule has 0 unspecified atom stereocenters. The van der Waals surface area contributed by atoms with Crippen LogP contribution in [-0.4, -0.2) is 45.5 Å². The number of ether oxygens (including phenoxy) is 3. The number of hydrogen-bond donors (Lipinski definition) is 0. The van der Waals surface area contributed by atoms with Crippen LogP contribution in [0.2, 0.25) is 0 Å². The number of anilines is 1. The molecule has 5 nitrogen and oxygen atoms in total. The molecule has 0 saturated carbocycles. The number of hydrogen-bond acceptors (Lipinski definition) is 5. The molecule has 0 atom stereocenters. The minimum absolute atomic E-state index is 0.683. The molecular formula is C33H30N2O3. The van der Waals surface area contributed by atoms with Gasteiger partial charge in [0.1, 0.15) is 5.82 Å². The largest absolute Gasteiger partial charge is 0.493 e. The third-order valence-electron chi connectivity index (χ3n) is 7.07. The van der Waals surface area contributed by atoms with Gasteiger partial charge in [0.05, 0.1) is 33.1 Å². The lowest BCUT2D eigenvalue weighted by molar-refractivity contribution is 0.122. The van der Waals surface area contributed by atoms with Crippen molar-refractivity contribution in [1.82, 2.24) is 4.98 Å². The zero-order chi connectivity index (χ0) is 25.9. The molecule has 1 aliphatic rings. The molecule has 0 bridgehead atoms. The predicted octanol–water partition coefficient (Wildman–Crippen LogP) is 7.09. The van der Waals surface area contributed by atoms with E-state index in [0.717, 1.165) is 52.1 Å². The van der Waals surface area contributed by atoms with Crippen LogP contribution in [-0.2, 0) is 4.74 Å². The topological polar surface area (TPSA) is 43.8 Å². The fourth-order valence-electron chi connectivity index (χ4n) is 5.10. The molecule has 0 spiro atoms. The van der Waals surface area contributed by atoms with Gasteiger partial charge in [0.15, 0.2) is 11.5 Å². The number of aromatic nitrogens is 1. The quantitative estimate of drug-likeness (QED) is 0.248. The van der Waals surface area contributed by atoms with Crippen LogP contribution in [0.1, 0.15) is 0 Å². The van der Waals surface area contributed by atoms with E-state index >= 15 is 0 Å². The normalized spacial score (nSPS) is 13.5. The molecule has 4 aromatic carbocycles. The van der Waals surface area contributed by atoms with Gasteiger partial charge in [-0.1, -0.05) is 60.7 Å². The third-order valence-corrected chi connectivity index (χ3v) is 7.07. The van der Waals surface area contributed by atoms with Crippen molar-refractivity contribution in [2.24, 2.45) is 0 Å². The number of fused-ring (bicyclic) bond motifs is 1. The fraction of sp³-hybridized carbons (Fsp3) is 0.182. The highest BCUT2D eigenvalue weighted by molar-refractivity contribution is 5.97. The molecule has 5 heteroatoms. The maximum atomic E-state index is 5.65. The Hall–Kier alpha value is -4.35. The Bertz CT molecular complexity index is 1500. The van der Waals surface area contributed by atoms with Crippen LogP contribution in [0.25, 0.3) is 44.3 Å². The van der Waals surface area contributed by atoms with Gasteiger partial charge in [-0.15, -0.1) is 0 Å². The molecule has 0 aliphatic carbocycles. The summed E-state index contributed by atoms with van der Waals surface area (Å²) in [5, 5.41) is 2.09. The smallest absolute Gasteiger partial charge is 0.161 e. The molecular weight excluding hydrogens is 472 g/mol. The molecule has 1 aliphatic heterocycles. The molecule has 0 N–H and O–H groups in total. The van der Waals surface area contributed by atoms with Crippen LogP contribution in [0.4, 0.5) is 5.82 Å². The van der Waals surface area contributed by atoms with Gasteiger partial charge in [-0.25, -0.2) is 4.98 Å². The molecule has 5 aromatic rings. The average Bonchev–Trinajstić information content (AvgIpc) is 3.00. The van der Waals surface area contributed by atoms with Crippen molar-refractivity contribution in [2.45, 2.75) is 0 Å². The van der Waals surface area contributed by atoms with Gasteiger partial charge in [-0.3, -0.25) is 0 Å². The molecule has 1 fully saturated rings. The van der Waals surface area contributed by atoms with Crippen LogP contribution < -0.4 is 14.4 Å². The maximum absolute atomic E-state index is 5.65. The summed E-state index contributed by atoms with van der Waals surface area (Å²) in [6.45, 7) is 2.95. The number of pyridine rings is 1. The van der Waals surface area contributed by atoms with Gasteiger partial charge in [-0.05, 0) is 64.0 Å². The van der Waals surface area contributed by atoms with Crippen molar-refractivity contribution >= 4 is 16.6 Å². The Kier molecular flexibility index (Phi) is 6.67. The molecule has 190 valence electrons. The predicted molar refractivity (Wildman–Crippen MR) is 154 cm³/mol. The van der Waals surface area contributed by atoms with E-state index in [0.29, 0.717) is 24.7 Å². The first-order valence-electron chi connectivity index (χ1n) is 12.9. The van der Waals surface area contributed by atoms with Gasteiger partial charge in [0.2, 0.25) is 0 Å². The highest BCUT2D eigenvalue weighted by atomic mass is 16.5. The Morgan fingerprint density at radius 2 is 1.18 bits per heavy atom. The highest BCUT2D eigenvalue weighted by Gasteiger charge is 2.20. The van der Waals surface area contributed by atoms with Crippen molar-refractivity contribution in [3.05, 3.63) is 97.1 Å². The van der Waals surface area contributed by atoms with E-state index in [2.05, 4.69) is 77.7 Å². The van der Waals surface area contributed by atoms with E-state index in [4.69, 9.17) is 19.2 Å². The first kappa shape index (κ1) is 24.0. The van der Waals surface area contributed by atoms with E-state index in [9.17, 15) is 0 Å². The highest BCUT2D eigenvalue weighted by Crippen LogP contribution is 2.39. The second kappa shape index (κ2) is 10.6. The summed E-state index contributed by atoms with van der Waals surface area (Å²) < 4.78 is 16.9. The first-order valence-corrected chi connectivity index (χ1v) is 12.9. The summed E-state index contributed by atoms with van der Waals surface area (Å²) in [6, 6.07) is 34.0.